The highest BCUT2D eigenvalue weighted by Crippen LogP contribution is 2.48. The van der Waals surface area contributed by atoms with Crippen LogP contribution in [0.1, 0.15) is 49.4 Å². The second-order valence-corrected chi connectivity index (χ2v) is 8.93. The smallest absolute Gasteiger partial charge is 0.224 e. The van der Waals surface area contributed by atoms with Gasteiger partial charge >= 0.3 is 0 Å². The van der Waals surface area contributed by atoms with E-state index in [0.29, 0.717) is 11.4 Å². The van der Waals surface area contributed by atoms with Gasteiger partial charge in [-0.25, -0.2) is 18.7 Å². The predicted octanol–water partition coefficient (Wildman–Crippen LogP) is 5.15. The monoisotopic (exact) mass is 472 g/mol. The van der Waals surface area contributed by atoms with Gasteiger partial charge in [0.25, 0.3) is 0 Å². The van der Waals surface area contributed by atoms with Crippen molar-refractivity contribution in [2.24, 2.45) is 0 Å². The van der Waals surface area contributed by atoms with E-state index in [1.807, 2.05) is 6.07 Å². The first kappa shape index (κ1) is 23.5. The van der Waals surface area contributed by atoms with E-state index < -0.39 is 29.8 Å². The zero-order chi connectivity index (χ0) is 23.6. The summed E-state index contributed by atoms with van der Waals surface area (Å²) in [7, 11) is 0. The second-order valence-electron chi connectivity index (χ2n) is 8.60. The number of hydrogen-bond donors (Lipinski definition) is 3. The lowest BCUT2D eigenvalue weighted by Gasteiger charge is -2.33. The minimum Gasteiger partial charge on any atom is -0.389 e. The molecule has 33 heavy (non-hydrogen) atoms. The van der Waals surface area contributed by atoms with Crippen LogP contribution in [-0.2, 0) is 12.0 Å². The number of benzene rings is 2. The number of hydrogen-bond acceptors (Lipinski definition) is 5. The minimum atomic E-state index is -1.04. The van der Waals surface area contributed by atoms with E-state index in [2.05, 4.69) is 45.7 Å². The van der Waals surface area contributed by atoms with Gasteiger partial charge in [0, 0.05) is 17.8 Å². The molecule has 1 aromatic heterocycles. The number of nitrogens with one attached hydrogen (secondary N) is 2. The van der Waals surface area contributed by atoms with Gasteiger partial charge in [-0.2, -0.15) is 0 Å². The minimum absolute atomic E-state index is 0.0799. The molecule has 5 nitrogen and oxygen atoms in total. The first-order valence-electron chi connectivity index (χ1n) is 11.1. The van der Waals surface area contributed by atoms with Gasteiger partial charge in [-0.1, -0.05) is 31.2 Å². The largest absolute Gasteiger partial charge is 0.389 e. The number of halogens is 3. The molecule has 0 aliphatic heterocycles. The molecule has 2 aromatic carbocycles. The Kier molecular flexibility index (Phi) is 6.93. The van der Waals surface area contributed by atoms with E-state index in [9.17, 15) is 13.9 Å². The van der Waals surface area contributed by atoms with Crippen LogP contribution in [0.15, 0.2) is 54.7 Å². The average molecular weight is 473 g/mol. The number of rotatable bonds is 9. The van der Waals surface area contributed by atoms with Crippen LogP contribution in [0.25, 0.3) is 0 Å². The summed E-state index contributed by atoms with van der Waals surface area (Å²) in [6, 6.07) is 12.0. The van der Waals surface area contributed by atoms with Gasteiger partial charge in [0.05, 0.1) is 18.2 Å². The lowest BCUT2D eigenvalue weighted by atomic mass is 9.93. The third-order valence-corrected chi connectivity index (χ3v) is 6.35. The van der Waals surface area contributed by atoms with Crippen LogP contribution >= 0.6 is 11.6 Å². The topological polar surface area (TPSA) is 70.1 Å². The molecule has 0 saturated heterocycles. The summed E-state index contributed by atoms with van der Waals surface area (Å²) in [5.74, 6) is -0.933. The highest BCUT2D eigenvalue weighted by atomic mass is 35.5. The molecule has 1 heterocycles. The van der Waals surface area contributed by atoms with E-state index in [1.165, 1.54) is 23.9 Å². The Morgan fingerprint density at radius 3 is 2.48 bits per heavy atom. The quantitative estimate of drug-likeness (QED) is 0.376. The van der Waals surface area contributed by atoms with Gasteiger partial charge in [0.2, 0.25) is 5.28 Å². The van der Waals surface area contributed by atoms with E-state index in [-0.39, 0.29) is 10.8 Å². The maximum atomic E-state index is 14.1. The normalized spacial score (nSPS) is 17.3. The van der Waals surface area contributed by atoms with E-state index in [0.717, 1.165) is 30.9 Å². The molecule has 0 radical (unpaired) electrons. The zero-order valence-corrected chi connectivity index (χ0v) is 19.3. The first-order chi connectivity index (χ1) is 15.8. The van der Waals surface area contributed by atoms with Gasteiger partial charge in [-0.05, 0) is 72.7 Å². The number of aryl methyl sites for hydroxylation is 1. The van der Waals surface area contributed by atoms with Crippen LogP contribution in [-0.4, -0.2) is 27.2 Å². The maximum Gasteiger partial charge on any atom is 0.224 e. The molecule has 3 unspecified atom stereocenters. The fourth-order valence-electron chi connectivity index (χ4n) is 4.17. The van der Waals surface area contributed by atoms with E-state index >= 15 is 0 Å². The number of aliphatic hydroxyl groups is 1. The average Bonchev–Trinajstić information content (AvgIpc) is 3.57. The van der Waals surface area contributed by atoms with Crippen LogP contribution in [0.3, 0.4) is 0 Å². The Morgan fingerprint density at radius 1 is 1.12 bits per heavy atom. The Labute approximate surface area is 197 Å². The summed E-state index contributed by atoms with van der Waals surface area (Å²) in [6.07, 6.45) is 3.11. The number of anilines is 1. The fraction of sp³-hybridized carbons (Fsp3) is 0.360. The number of aromatic nitrogens is 2. The molecule has 1 aliphatic rings. The molecule has 3 aromatic rings. The summed E-state index contributed by atoms with van der Waals surface area (Å²) in [5.41, 5.74) is 2.30. The lowest BCUT2D eigenvalue weighted by Crippen LogP contribution is -2.45. The zero-order valence-electron chi connectivity index (χ0n) is 18.5. The van der Waals surface area contributed by atoms with Crippen LogP contribution in [0.4, 0.5) is 14.6 Å². The fourth-order valence-corrected chi connectivity index (χ4v) is 4.32. The summed E-state index contributed by atoms with van der Waals surface area (Å²) in [6.45, 7) is 3.88. The van der Waals surface area contributed by atoms with Gasteiger partial charge in [0.1, 0.15) is 17.5 Å². The maximum absolute atomic E-state index is 14.1. The Hall–Kier alpha value is -2.61. The van der Waals surface area contributed by atoms with Crippen LogP contribution in [0.5, 0.6) is 0 Å². The van der Waals surface area contributed by atoms with Crippen LogP contribution in [0, 0.1) is 11.6 Å². The van der Waals surface area contributed by atoms with Crippen molar-refractivity contribution in [3.05, 3.63) is 88.3 Å². The summed E-state index contributed by atoms with van der Waals surface area (Å²) in [5, 5.41) is 18.1. The van der Waals surface area contributed by atoms with Crippen LogP contribution < -0.4 is 10.6 Å². The van der Waals surface area contributed by atoms with Crippen molar-refractivity contribution in [3.8, 4) is 0 Å². The second kappa shape index (κ2) is 9.71. The van der Waals surface area contributed by atoms with Crippen molar-refractivity contribution < 1.29 is 13.9 Å². The van der Waals surface area contributed by atoms with Crippen LogP contribution in [0.2, 0.25) is 5.28 Å². The summed E-state index contributed by atoms with van der Waals surface area (Å²) >= 11 is 5.87. The molecule has 1 saturated carbocycles. The molecule has 1 fully saturated rings. The van der Waals surface area contributed by atoms with Gasteiger partial charge in [-0.15, -0.1) is 0 Å². The van der Waals surface area contributed by atoms with Crippen molar-refractivity contribution in [2.45, 2.75) is 56.8 Å². The van der Waals surface area contributed by atoms with Gasteiger partial charge in [-0.3, -0.25) is 5.32 Å². The third-order valence-electron chi connectivity index (χ3n) is 6.17. The highest BCUT2D eigenvalue weighted by Gasteiger charge is 2.47. The van der Waals surface area contributed by atoms with Crippen molar-refractivity contribution in [1.29, 1.82) is 0 Å². The Morgan fingerprint density at radius 2 is 1.85 bits per heavy atom. The molecule has 3 atom stereocenters. The molecular formula is C25H27ClF2N4O. The SMILES string of the molecule is CCc1cccc(C2(NC(c3cc(F)cc(F)c3)C(O)C(C)Nc3ccnc(Cl)n3)CC2)c1. The molecule has 4 rings (SSSR count). The highest BCUT2D eigenvalue weighted by molar-refractivity contribution is 6.28. The molecular weight excluding hydrogens is 446 g/mol. The summed E-state index contributed by atoms with van der Waals surface area (Å²) in [4.78, 5) is 7.96. The molecule has 0 spiro atoms. The van der Waals surface area contributed by atoms with Crippen molar-refractivity contribution >= 4 is 17.4 Å². The molecule has 0 bridgehead atoms. The Bertz CT molecular complexity index is 1100. The molecule has 1 aliphatic carbocycles. The predicted molar refractivity (Wildman–Crippen MR) is 125 cm³/mol. The number of aliphatic hydroxyl groups excluding tert-OH is 1. The first-order valence-corrected chi connectivity index (χ1v) is 11.4. The van der Waals surface area contributed by atoms with E-state index in [1.54, 1.807) is 13.0 Å². The Balaban J connectivity index is 1.64. The van der Waals surface area contributed by atoms with E-state index in [4.69, 9.17) is 11.6 Å². The van der Waals surface area contributed by atoms with Crippen molar-refractivity contribution in [3.63, 3.8) is 0 Å². The molecule has 8 heteroatoms. The van der Waals surface area contributed by atoms with Crippen molar-refractivity contribution in [1.82, 2.24) is 15.3 Å². The molecule has 174 valence electrons. The van der Waals surface area contributed by atoms with Gasteiger partial charge in [0.15, 0.2) is 0 Å². The summed E-state index contributed by atoms with van der Waals surface area (Å²) < 4.78 is 28.2. The number of nitrogens with zero attached hydrogens (tertiary/aromatic N) is 2. The molecule has 0 amide bonds. The molecule has 3 N–H and O–H groups in total. The third kappa shape index (κ3) is 5.49. The van der Waals surface area contributed by atoms with Gasteiger partial charge < -0.3 is 10.4 Å². The standard InChI is InChI=1S/C25H27ClF2N4O/c1-3-16-5-4-6-18(11-16)25(8-9-25)32-22(17-12-19(27)14-20(28)13-17)23(33)15(2)30-21-7-10-29-24(26)31-21/h4-7,10-15,22-23,32-33H,3,8-9H2,1-2H3,(H,29,30,31). The van der Waals surface area contributed by atoms with Crippen molar-refractivity contribution in [2.75, 3.05) is 5.32 Å². The lowest BCUT2D eigenvalue weighted by molar-refractivity contribution is 0.103.